The predicted octanol–water partition coefficient (Wildman–Crippen LogP) is 5.66. The molecule has 1 aromatic heterocycles. The first-order valence-corrected chi connectivity index (χ1v) is 9.03. The highest BCUT2D eigenvalue weighted by Crippen LogP contribution is 2.35. The van der Waals surface area contributed by atoms with Crippen LogP contribution in [0.1, 0.15) is 26.3 Å². The molecule has 150 valence electrons. The van der Waals surface area contributed by atoms with Crippen LogP contribution < -0.4 is 15.4 Å². The minimum Gasteiger partial charge on any atom is -0.508 e. The lowest BCUT2D eigenvalue weighted by Crippen LogP contribution is -2.20. The third kappa shape index (κ3) is 5.01. The van der Waals surface area contributed by atoms with Crippen LogP contribution >= 0.6 is 0 Å². The van der Waals surface area contributed by atoms with Crippen molar-refractivity contribution in [1.82, 2.24) is 4.98 Å². The van der Waals surface area contributed by atoms with E-state index in [-0.39, 0.29) is 22.7 Å². The van der Waals surface area contributed by atoms with E-state index in [0.717, 1.165) is 11.6 Å². The zero-order chi connectivity index (χ0) is 21.0. The summed E-state index contributed by atoms with van der Waals surface area (Å²) in [5, 5.41) is 14.3. The summed E-state index contributed by atoms with van der Waals surface area (Å²) in [6, 6.07) is 13.7. The molecule has 0 aliphatic heterocycles. The van der Waals surface area contributed by atoms with Crippen molar-refractivity contribution in [2.75, 3.05) is 10.6 Å². The second-order valence-corrected chi connectivity index (χ2v) is 7.45. The Hall–Kier alpha value is -3.61. The number of hydrogen-bond donors (Lipinski definition) is 3. The normalized spacial score (nSPS) is 11.0. The number of nitrogens with zero attached hydrogens (tertiary/aromatic N) is 1. The molecule has 0 unspecified atom stereocenters. The van der Waals surface area contributed by atoms with Gasteiger partial charge in [-0.15, -0.1) is 0 Å². The molecule has 3 aromatic rings. The molecule has 6 nitrogen and oxygen atoms in total. The Balaban J connectivity index is 1.80. The number of phenolic OH excluding ortho intramolecular Hbond substituents is 1. The summed E-state index contributed by atoms with van der Waals surface area (Å²) in [4.78, 5) is 16.5. The van der Waals surface area contributed by atoms with Gasteiger partial charge in [0.2, 0.25) is 5.88 Å². The van der Waals surface area contributed by atoms with E-state index >= 15 is 0 Å². The second-order valence-electron chi connectivity index (χ2n) is 7.45. The van der Waals surface area contributed by atoms with Gasteiger partial charge in [0.25, 0.3) is 0 Å². The molecule has 3 rings (SSSR count). The first-order valence-electron chi connectivity index (χ1n) is 9.03. The number of aromatic hydroxyl groups is 1. The number of phenols is 1. The fourth-order valence-corrected chi connectivity index (χ4v) is 2.73. The van der Waals surface area contributed by atoms with Crippen LogP contribution in [0.3, 0.4) is 0 Å². The van der Waals surface area contributed by atoms with E-state index in [1.54, 1.807) is 18.3 Å². The minimum atomic E-state index is -0.748. The van der Waals surface area contributed by atoms with Gasteiger partial charge in [-0.3, -0.25) is 0 Å². The van der Waals surface area contributed by atoms with Crippen LogP contribution in [0.5, 0.6) is 17.4 Å². The number of aromatic nitrogens is 1. The summed E-state index contributed by atoms with van der Waals surface area (Å²) in [6.07, 6.45) is 1.55. The molecule has 0 spiro atoms. The van der Waals surface area contributed by atoms with Crippen molar-refractivity contribution in [3.05, 3.63) is 72.2 Å². The summed E-state index contributed by atoms with van der Waals surface area (Å²) >= 11 is 0. The van der Waals surface area contributed by atoms with Gasteiger partial charge < -0.3 is 20.5 Å². The number of carbonyl (C=O) groups is 1. The molecule has 3 N–H and O–H groups in total. The van der Waals surface area contributed by atoms with Crippen LogP contribution in [0.2, 0.25) is 0 Å². The smallest absolute Gasteiger partial charge is 0.323 e. The van der Waals surface area contributed by atoms with E-state index < -0.39 is 11.8 Å². The Labute approximate surface area is 168 Å². The van der Waals surface area contributed by atoms with Crippen molar-refractivity contribution in [3.8, 4) is 17.4 Å². The Morgan fingerprint density at radius 2 is 1.76 bits per heavy atom. The summed E-state index contributed by atoms with van der Waals surface area (Å²) in [5.74, 6) is -0.131. The summed E-state index contributed by atoms with van der Waals surface area (Å²) in [7, 11) is 0. The van der Waals surface area contributed by atoms with E-state index in [4.69, 9.17) is 4.74 Å². The van der Waals surface area contributed by atoms with E-state index in [2.05, 4.69) is 36.4 Å². The van der Waals surface area contributed by atoms with Crippen LogP contribution in [0.4, 0.5) is 20.6 Å². The molecule has 7 heteroatoms. The number of benzene rings is 2. The van der Waals surface area contributed by atoms with Crippen LogP contribution in [0.15, 0.2) is 60.8 Å². The third-order valence-corrected chi connectivity index (χ3v) is 4.12. The zero-order valence-corrected chi connectivity index (χ0v) is 16.4. The third-order valence-electron chi connectivity index (χ3n) is 4.12. The van der Waals surface area contributed by atoms with E-state index in [1.165, 1.54) is 12.1 Å². The summed E-state index contributed by atoms with van der Waals surface area (Å²) in [6.45, 7) is 6.23. The molecule has 1 heterocycles. The van der Waals surface area contributed by atoms with E-state index in [1.807, 2.05) is 24.3 Å². The number of hydrogen-bond acceptors (Lipinski definition) is 4. The van der Waals surface area contributed by atoms with Crippen molar-refractivity contribution in [3.63, 3.8) is 0 Å². The highest BCUT2D eigenvalue weighted by molar-refractivity contribution is 6.00. The van der Waals surface area contributed by atoms with Gasteiger partial charge >= 0.3 is 6.03 Å². The van der Waals surface area contributed by atoms with Crippen molar-refractivity contribution in [1.29, 1.82) is 0 Å². The number of para-hydroxylation sites is 1. The van der Waals surface area contributed by atoms with Gasteiger partial charge in [-0.25, -0.2) is 14.2 Å². The summed E-state index contributed by atoms with van der Waals surface area (Å²) < 4.78 is 19.8. The Morgan fingerprint density at radius 1 is 1.03 bits per heavy atom. The number of amides is 2. The fourth-order valence-electron chi connectivity index (χ4n) is 2.73. The van der Waals surface area contributed by atoms with Gasteiger partial charge in [-0.2, -0.15) is 0 Å². The van der Waals surface area contributed by atoms with Gasteiger partial charge in [0.1, 0.15) is 23.0 Å². The molecular weight excluding hydrogens is 373 g/mol. The second kappa shape index (κ2) is 8.18. The molecule has 0 saturated heterocycles. The van der Waals surface area contributed by atoms with Crippen LogP contribution in [-0.2, 0) is 5.41 Å². The van der Waals surface area contributed by atoms with Crippen LogP contribution in [0.25, 0.3) is 0 Å². The molecule has 0 saturated carbocycles. The average Bonchev–Trinajstić information content (AvgIpc) is 2.65. The lowest BCUT2D eigenvalue weighted by Gasteiger charge is -2.22. The van der Waals surface area contributed by atoms with Crippen molar-refractivity contribution >= 4 is 17.4 Å². The molecule has 0 radical (unpaired) electrons. The first kappa shape index (κ1) is 20.1. The lowest BCUT2D eigenvalue weighted by atomic mass is 9.86. The molecule has 2 amide bonds. The topological polar surface area (TPSA) is 83.5 Å². The molecule has 0 atom stereocenters. The van der Waals surface area contributed by atoms with Gasteiger partial charge in [0.15, 0.2) is 0 Å². The Morgan fingerprint density at radius 3 is 2.48 bits per heavy atom. The largest absolute Gasteiger partial charge is 0.508 e. The lowest BCUT2D eigenvalue weighted by molar-refractivity contribution is 0.262. The van der Waals surface area contributed by atoms with Gasteiger partial charge in [0, 0.05) is 17.8 Å². The maximum atomic E-state index is 13.8. The first-order chi connectivity index (χ1) is 13.7. The molecule has 29 heavy (non-hydrogen) atoms. The number of halogens is 1. The predicted molar refractivity (Wildman–Crippen MR) is 110 cm³/mol. The van der Waals surface area contributed by atoms with Gasteiger partial charge in [-0.1, -0.05) is 39.0 Å². The maximum Gasteiger partial charge on any atom is 0.323 e. The number of anilines is 2. The van der Waals surface area contributed by atoms with Crippen molar-refractivity contribution in [2.24, 2.45) is 0 Å². The number of nitrogens with one attached hydrogen (secondary N) is 2. The standard InChI is InChI=1S/C22H22FN3O3/c1-22(2,3)15-7-4-5-9-19(15)29-20-18(8-6-12-24-20)26-21(28)25-17-11-10-14(27)13-16(17)23/h4-13,27H,1-3H3,(H2,25,26,28). The average molecular weight is 395 g/mol. The highest BCUT2D eigenvalue weighted by Gasteiger charge is 2.20. The number of urea groups is 1. The Bertz CT molecular complexity index is 1030. The van der Waals surface area contributed by atoms with E-state index in [9.17, 15) is 14.3 Å². The van der Waals surface area contributed by atoms with Crippen LogP contribution in [0, 0.1) is 5.82 Å². The van der Waals surface area contributed by atoms with Crippen molar-refractivity contribution < 1.29 is 19.0 Å². The number of rotatable bonds is 4. The van der Waals surface area contributed by atoms with Crippen molar-refractivity contribution in [2.45, 2.75) is 26.2 Å². The Kier molecular flexibility index (Phi) is 5.68. The molecule has 0 fully saturated rings. The minimum absolute atomic E-state index is 0.0651. The quantitative estimate of drug-likeness (QED) is 0.498. The van der Waals surface area contributed by atoms with Crippen LogP contribution in [-0.4, -0.2) is 16.1 Å². The molecular formula is C22H22FN3O3. The SMILES string of the molecule is CC(C)(C)c1ccccc1Oc1ncccc1NC(=O)Nc1ccc(O)cc1F. The summed E-state index contributed by atoms with van der Waals surface area (Å²) in [5.41, 5.74) is 1.11. The monoisotopic (exact) mass is 395 g/mol. The van der Waals surface area contributed by atoms with Gasteiger partial charge in [-0.05, 0) is 35.7 Å². The van der Waals surface area contributed by atoms with E-state index in [0.29, 0.717) is 11.4 Å². The molecule has 0 aliphatic rings. The number of pyridine rings is 1. The molecule has 0 bridgehead atoms. The highest BCUT2D eigenvalue weighted by atomic mass is 19.1. The zero-order valence-electron chi connectivity index (χ0n) is 16.4. The molecule has 0 aliphatic carbocycles. The maximum absolute atomic E-state index is 13.8. The molecule has 2 aromatic carbocycles. The number of carbonyl (C=O) groups excluding carboxylic acids is 1. The fraction of sp³-hybridized carbons (Fsp3) is 0.182. The number of ether oxygens (including phenoxy) is 1. The van der Waals surface area contributed by atoms with Gasteiger partial charge in [0.05, 0.1) is 5.69 Å².